The first-order valence-electron chi connectivity index (χ1n) is 6.67. The molecule has 112 valence electrons. The highest BCUT2D eigenvalue weighted by atomic mass is 79.9. The van der Waals surface area contributed by atoms with Crippen LogP contribution in [0.15, 0.2) is 22.7 Å². The second-order valence-electron chi connectivity index (χ2n) is 5.89. The molecule has 0 aromatic heterocycles. The van der Waals surface area contributed by atoms with E-state index in [1.807, 2.05) is 46.8 Å². The lowest BCUT2D eigenvalue weighted by Gasteiger charge is -2.21. The Morgan fingerprint density at radius 1 is 1.40 bits per heavy atom. The van der Waals surface area contributed by atoms with Crippen molar-refractivity contribution in [2.45, 2.75) is 46.3 Å². The van der Waals surface area contributed by atoms with Crippen LogP contribution in [0.5, 0.6) is 0 Å². The lowest BCUT2D eigenvalue weighted by molar-refractivity contribution is 0.0526. The number of ether oxygens (including phenoxy) is 1. The Labute approximate surface area is 129 Å². The first kappa shape index (κ1) is 16.8. The third kappa shape index (κ3) is 6.28. The van der Waals surface area contributed by atoms with Gasteiger partial charge in [0.1, 0.15) is 5.60 Å². The molecule has 0 aliphatic carbocycles. The zero-order valence-corrected chi connectivity index (χ0v) is 14.3. The summed E-state index contributed by atoms with van der Waals surface area (Å²) in [7, 11) is 0. The molecule has 1 aromatic rings. The number of hydrogen-bond acceptors (Lipinski definition) is 3. The van der Waals surface area contributed by atoms with E-state index in [2.05, 4.69) is 32.6 Å². The van der Waals surface area contributed by atoms with Crippen molar-refractivity contribution in [3.8, 4) is 0 Å². The zero-order valence-electron chi connectivity index (χ0n) is 12.7. The van der Waals surface area contributed by atoms with E-state index in [0.29, 0.717) is 6.54 Å². The predicted molar refractivity (Wildman–Crippen MR) is 86.2 cm³/mol. The van der Waals surface area contributed by atoms with Crippen LogP contribution >= 0.6 is 15.9 Å². The van der Waals surface area contributed by atoms with E-state index in [-0.39, 0.29) is 6.04 Å². The number of amides is 1. The number of anilines is 1. The van der Waals surface area contributed by atoms with Gasteiger partial charge in [0.25, 0.3) is 0 Å². The molecule has 1 unspecified atom stereocenters. The van der Waals surface area contributed by atoms with Crippen molar-refractivity contribution >= 4 is 27.7 Å². The van der Waals surface area contributed by atoms with E-state index in [0.717, 1.165) is 10.2 Å². The van der Waals surface area contributed by atoms with Crippen molar-refractivity contribution < 1.29 is 9.53 Å². The molecule has 0 aliphatic heterocycles. The second kappa shape index (κ2) is 6.97. The third-order valence-corrected chi connectivity index (χ3v) is 3.41. The van der Waals surface area contributed by atoms with Gasteiger partial charge in [0.15, 0.2) is 0 Å². The molecule has 1 aromatic carbocycles. The van der Waals surface area contributed by atoms with E-state index >= 15 is 0 Å². The fourth-order valence-electron chi connectivity index (χ4n) is 1.62. The molecule has 4 nitrogen and oxygen atoms in total. The summed E-state index contributed by atoms with van der Waals surface area (Å²) in [6.45, 7) is 10.1. The topological polar surface area (TPSA) is 50.4 Å². The van der Waals surface area contributed by atoms with Gasteiger partial charge in [0.2, 0.25) is 0 Å². The van der Waals surface area contributed by atoms with Gasteiger partial charge >= 0.3 is 6.09 Å². The van der Waals surface area contributed by atoms with E-state index in [4.69, 9.17) is 4.74 Å². The van der Waals surface area contributed by atoms with Crippen LogP contribution in [0.2, 0.25) is 0 Å². The molecule has 0 radical (unpaired) electrons. The van der Waals surface area contributed by atoms with E-state index in [1.54, 1.807) is 0 Å². The van der Waals surface area contributed by atoms with Gasteiger partial charge in [0.05, 0.1) is 0 Å². The molecular formula is C15H23BrN2O2. The van der Waals surface area contributed by atoms with Crippen LogP contribution in [0.1, 0.15) is 33.3 Å². The first-order chi connectivity index (χ1) is 9.17. The van der Waals surface area contributed by atoms with E-state index in [9.17, 15) is 4.79 Å². The Bertz CT molecular complexity index is 469. The number of alkyl carbamates (subject to hydrolysis) is 1. The summed E-state index contributed by atoms with van der Waals surface area (Å²) in [4.78, 5) is 11.5. The van der Waals surface area contributed by atoms with Crippen LogP contribution < -0.4 is 10.6 Å². The zero-order chi connectivity index (χ0) is 15.3. The average molecular weight is 343 g/mol. The standard InChI is InChI=1S/C15H23BrN2O2/c1-10-8-12(6-7-13(10)16)18-11(2)9-17-14(19)20-15(3,4)5/h6-8,11,18H,9H2,1-5H3,(H,17,19). The van der Waals surface area contributed by atoms with Crippen LogP contribution in [0.3, 0.4) is 0 Å². The van der Waals surface area contributed by atoms with E-state index in [1.165, 1.54) is 5.56 Å². The Hall–Kier alpha value is -1.23. The lowest BCUT2D eigenvalue weighted by Crippen LogP contribution is -2.38. The molecule has 0 aliphatic rings. The van der Waals surface area contributed by atoms with Gasteiger partial charge in [-0.25, -0.2) is 4.79 Å². The average Bonchev–Trinajstić information content (AvgIpc) is 2.29. The van der Waals surface area contributed by atoms with Crippen LogP contribution in [-0.2, 0) is 4.74 Å². The van der Waals surface area contributed by atoms with Crippen molar-refractivity contribution in [1.29, 1.82) is 0 Å². The van der Waals surface area contributed by atoms with Gasteiger partial charge in [-0.2, -0.15) is 0 Å². The van der Waals surface area contributed by atoms with E-state index < -0.39 is 11.7 Å². The molecule has 0 fully saturated rings. The molecule has 2 N–H and O–H groups in total. The Morgan fingerprint density at radius 2 is 2.05 bits per heavy atom. The molecule has 1 rings (SSSR count). The third-order valence-electron chi connectivity index (χ3n) is 2.52. The van der Waals surface area contributed by atoms with Crippen molar-refractivity contribution in [2.75, 3.05) is 11.9 Å². The number of carbonyl (C=O) groups is 1. The minimum atomic E-state index is -0.469. The molecule has 1 atom stereocenters. The van der Waals surface area contributed by atoms with Gasteiger partial charge in [-0.05, 0) is 58.4 Å². The fraction of sp³-hybridized carbons (Fsp3) is 0.533. The van der Waals surface area contributed by atoms with Crippen molar-refractivity contribution in [3.05, 3.63) is 28.2 Å². The van der Waals surface area contributed by atoms with Crippen LogP contribution in [0, 0.1) is 6.92 Å². The maximum Gasteiger partial charge on any atom is 0.407 e. The van der Waals surface area contributed by atoms with Gasteiger partial charge in [-0.3, -0.25) is 0 Å². The summed E-state index contributed by atoms with van der Waals surface area (Å²) in [5, 5.41) is 6.09. The van der Waals surface area contributed by atoms with Gasteiger partial charge in [0, 0.05) is 22.7 Å². The summed E-state index contributed by atoms with van der Waals surface area (Å²) in [5.74, 6) is 0. The Morgan fingerprint density at radius 3 is 2.60 bits per heavy atom. The monoisotopic (exact) mass is 342 g/mol. The Balaban J connectivity index is 2.42. The second-order valence-corrected chi connectivity index (χ2v) is 6.75. The molecule has 0 saturated carbocycles. The summed E-state index contributed by atoms with van der Waals surface area (Å²) in [6.07, 6.45) is -0.391. The minimum Gasteiger partial charge on any atom is -0.444 e. The van der Waals surface area contributed by atoms with Crippen molar-refractivity contribution in [3.63, 3.8) is 0 Å². The smallest absolute Gasteiger partial charge is 0.407 e. The van der Waals surface area contributed by atoms with Gasteiger partial charge in [-0.15, -0.1) is 0 Å². The Kier molecular flexibility index (Phi) is 5.87. The van der Waals surface area contributed by atoms with Crippen molar-refractivity contribution in [2.24, 2.45) is 0 Å². The highest BCUT2D eigenvalue weighted by molar-refractivity contribution is 9.10. The molecule has 0 heterocycles. The summed E-state index contributed by atoms with van der Waals surface area (Å²) < 4.78 is 6.27. The highest BCUT2D eigenvalue weighted by Crippen LogP contribution is 2.20. The fourth-order valence-corrected chi connectivity index (χ4v) is 1.87. The molecule has 5 heteroatoms. The largest absolute Gasteiger partial charge is 0.444 e. The molecule has 20 heavy (non-hydrogen) atoms. The quantitative estimate of drug-likeness (QED) is 0.866. The van der Waals surface area contributed by atoms with Crippen molar-refractivity contribution in [1.82, 2.24) is 5.32 Å². The first-order valence-corrected chi connectivity index (χ1v) is 7.46. The van der Waals surface area contributed by atoms with Crippen LogP contribution in [0.4, 0.5) is 10.5 Å². The number of halogens is 1. The minimum absolute atomic E-state index is 0.114. The SMILES string of the molecule is Cc1cc(NC(C)CNC(=O)OC(C)(C)C)ccc1Br. The molecule has 1 amide bonds. The normalized spacial score (nSPS) is 12.7. The number of aryl methyl sites for hydroxylation is 1. The number of benzene rings is 1. The number of carbonyl (C=O) groups excluding carboxylic acids is 1. The van der Waals surface area contributed by atoms with Crippen LogP contribution in [0.25, 0.3) is 0 Å². The lowest BCUT2D eigenvalue weighted by atomic mass is 10.2. The molecular weight excluding hydrogens is 320 g/mol. The maximum atomic E-state index is 11.5. The number of rotatable bonds is 4. The summed E-state index contributed by atoms with van der Waals surface area (Å²) >= 11 is 3.47. The number of nitrogens with one attached hydrogen (secondary N) is 2. The van der Waals surface area contributed by atoms with Crippen LogP contribution in [-0.4, -0.2) is 24.3 Å². The predicted octanol–water partition coefficient (Wildman–Crippen LogP) is 4.08. The summed E-state index contributed by atoms with van der Waals surface area (Å²) in [6, 6.07) is 6.18. The maximum absolute atomic E-state index is 11.5. The molecule has 0 bridgehead atoms. The van der Waals surface area contributed by atoms with Gasteiger partial charge in [-0.1, -0.05) is 15.9 Å². The molecule has 0 spiro atoms. The number of hydrogen-bond donors (Lipinski definition) is 2. The van der Waals surface area contributed by atoms with Gasteiger partial charge < -0.3 is 15.4 Å². The highest BCUT2D eigenvalue weighted by Gasteiger charge is 2.16. The molecule has 0 saturated heterocycles. The summed E-state index contributed by atoms with van der Waals surface area (Å²) in [5.41, 5.74) is 1.73.